The van der Waals surface area contributed by atoms with Crippen LogP contribution in [0.1, 0.15) is 38.1 Å². The Bertz CT molecular complexity index is 860. The first-order chi connectivity index (χ1) is 13.6. The summed E-state index contributed by atoms with van der Waals surface area (Å²) in [7, 11) is 2.99. The standard InChI is InChI=1S/C20H25N3O5S/c1-12(18(25)28-20(2,3)4)21-17(24)13-9-7-8-10-14(13)29-19-22-15(26-5)11-16(23-19)27-6/h7-12H,1-6H3,(H,21,24). The molecule has 156 valence electrons. The lowest BCUT2D eigenvalue weighted by Crippen LogP contribution is -2.42. The van der Waals surface area contributed by atoms with E-state index in [1.165, 1.54) is 26.0 Å². The zero-order valence-electron chi connectivity index (χ0n) is 17.3. The van der Waals surface area contributed by atoms with Gasteiger partial charge in [-0.3, -0.25) is 4.79 Å². The number of methoxy groups -OCH3 is 2. The maximum atomic E-state index is 12.8. The molecule has 8 nitrogen and oxygen atoms in total. The summed E-state index contributed by atoms with van der Waals surface area (Å²) in [5.74, 6) is -0.210. The number of hydrogen-bond donors (Lipinski definition) is 1. The van der Waals surface area contributed by atoms with Gasteiger partial charge in [0.05, 0.1) is 25.8 Å². The topological polar surface area (TPSA) is 99.6 Å². The number of aromatic nitrogens is 2. The fourth-order valence-electron chi connectivity index (χ4n) is 2.20. The number of ether oxygens (including phenoxy) is 3. The van der Waals surface area contributed by atoms with Crippen molar-refractivity contribution in [2.24, 2.45) is 0 Å². The summed E-state index contributed by atoms with van der Waals surface area (Å²) in [6, 6.07) is 7.74. The fraction of sp³-hybridized carbons (Fsp3) is 0.400. The van der Waals surface area contributed by atoms with E-state index in [0.29, 0.717) is 27.4 Å². The molecule has 1 aromatic heterocycles. The van der Waals surface area contributed by atoms with Gasteiger partial charge in [-0.05, 0) is 51.6 Å². The van der Waals surface area contributed by atoms with Gasteiger partial charge in [0.15, 0.2) is 5.16 Å². The molecule has 0 spiro atoms. The molecular formula is C20H25N3O5S. The maximum absolute atomic E-state index is 12.8. The van der Waals surface area contributed by atoms with Crippen molar-refractivity contribution < 1.29 is 23.8 Å². The lowest BCUT2D eigenvalue weighted by Gasteiger charge is -2.22. The van der Waals surface area contributed by atoms with Crippen LogP contribution in [0.3, 0.4) is 0 Å². The van der Waals surface area contributed by atoms with Crippen LogP contribution in [0, 0.1) is 0 Å². The van der Waals surface area contributed by atoms with Gasteiger partial charge in [-0.2, -0.15) is 9.97 Å². The van der Waals surface area contributed by atoms with E-state index in [1.54, 1.807) is 58.0 Å². The molecule has 0 aliphatic heterocycles. The van der Waals surface area contributed by atoms with E-state index in [-0.39, 0.29) is 0 Å². The number of carbonyl (C=O) groups is 2. The fourth-order valence-corrected chi connectivity index (χ4v) is 3.09. The van der Waals surface area contributed by atoms with E-state index in [9.17, 15) is 9.59 Å². The second-order valence-corrected chi connectivity index (χ2v) is 8.07. The molecule has 1 heterocycles. The predicted octanol–water partition coefficient (Wildman–Crippen LogP) is 3.11. The molecule has 0 saturated heterocycles. The SMILES string of the molecule is COc1cc(OC)nc(Sc2ccccc2C(=O)NC(C)C(=O)OC(C)(C)C)n1. The third kappa shape index (κ3) is 6.63. The second kappa shape index (κ2) is 9.60. The molecule has 0 radical (unpaired) electrons. The van der Waals surface area contributed by atoms with Gasteiger partial charge in [0, 0.05) is 4.90 Å². The molecular weight excluding hydrogens is 394 g/mol. The van der Waals surface area contributed by atoms with Crippen molar-refractivity contribution in [1.82, 2.24) is 15.3 Å². The Morgan fingerprint density at radius 3 is 2.21 bits per heavy atom. The lowest BCUT2D eigenvalue weighted by molar-refractivity contribution is -0.156. The maximum Gasteiger partial charge on any atom is 0.328 e. The smallest absolute Gasteiger partial charge is 0.328 e. The van der Waals surface area contributed by atoms with E-state index >= 15 is 0 Å². The first-order valence-electron chi connectivity index (χ1n) is 8.90. The van der Waals surface area contributed by atoms with Crippen molar-refractivity contribution in [3.63, 3.8) is 0 Å². The Hall–Kier alpha value is -2.81. The van der Waals surface area contributed by atoms with Gasteiger partial charge in [-0.15, -0.1) is 0 Å². The number of amides is 1. The van der Waals surface area contributed by atoms with Gasteiger partial charge < -0.3 is 19.5 Å². The Balaban J connectivity index is 2.20. The van der Waals surface area contributed by atoms with Crippen LogP contribution in [-0.2, 0) is 9.53 Å². The molecule has 0 aliphatic rings. The molecule has 1 atom stereocenters. The van der Waals surface area contributed by atoms with Crippen LogP contribution in [-0.4, -0.2) is 47.7 Å². The summed E-state index contributed by atoms with van der Waals surface area (Å²) in [5.41, 5.74) is -0.245. The zero-order chi connectivity index (χ0) is 21.6. The quantitative estimate of drug-likeness (QED) is 0.540. The Labute approximate surface area is 174 Å². The number of carbonyl (C=O) groups excluding carboxylic acids is 2. The van der Waals surface area contributed by atoms with Crippen molar-refractivity contribution >= 4 is 23.6 Å². The molecule has 0 aliphatic carbocycles. The number of rotatable bonds is 7. The molecule has 1 amide bonds. The van der Waals surface area contributed by atoms with Gasteiger partial charge in [0.2, 0.25) is 11.8 Å². The number of esters is 1. The summed E-state index contributed by atoms with van der Waals surface area (Å²) in [4.78, 5) is 34.1. The summed E-state index contributed by atoms with van der Waals surface area (Å²) in [5, 5.41) is 3.04. The van der Waals surface area contributed by atoms with E-state index in [4.69, 9.17) is 14.2 Å². The van der Waals surface area contributed by atoms with Gasteiger partial charge in [0.25, 0.3) is 5.91 Å². The first kappa shape index (κ1) is 22.5. The van der Waals surface area contributed by atoms with Gasteiger partial charge in [-0.1, -0.05) is 12.1 Å². The van der Waals surface area contributed by atoms with E-state index in [2.05, 4.69) is 15.3 Å². The monoisotopic (exact) mass is 419 g/mol. The molecule has 0 fully saturated rings. The second-order valence-electron chi connectivity index (χ2n) is 7.06. The van der Waals surface area contributed by atoms with Crippen LogP contribution in [0.25, 0.3) is 0 Å². The van der Waals surface area contributed by atoms with E-state index in [1.807, 2.05) is 0 Å². The highest BCUT2D eigenvalue weighted by atomic mass is 32.2. The number of nitrogens with zero attached hydrogens (tertiary/aromatic N) is 2. The van der Waals surface area contributed by atoms with E-state index in [0.717, 1.165) is 0 Å². The molecule has 1 aromatic carbocycles. The summed E-state index contributed by atoms with van der Waals surface area (Å²) >= 11 is 1.19. The minimum Gasteiger partial charge on any atom is -0.481 e. The highest BCUT2D eigenvalue weighted by Crippen LogP contribution is 2.30. The normalized spacial score (nSPS) is 12.1. The summed E-state index contributed by atoms with van der Waals surface area (Å²) in [6.45, 7) is 6.90. The zero-order valence-corrected chi connectivity index (χ0v) is 18.1. The first-order valence-corrected chi connectivity index (χ1v) is 9.72. The third-order valence-electron chi connectivity index (χ3n) is 3.52. The van der Waals surface area contributed by atoms with E-state index < -0.39 is 23.5 Å². The lowest BCUT2D eigenvalue weighted by atomic mass is 10.2. The summed E-state index contributed by atoms with van der Waals surface area (Å²) < 4.78 is 15.6. The van der Waals surface area contributed by atoms with Crippen LogP contribution in [0.15, 0.2) is 40.4 Å². The van der Waals surface area contributed by atoms with Gasteiger partial charge >= 0.3 is 5.97 Å². The molecule has 0 saturated carbocycles. The van der Waals surface area contributed by atoms with Crippen molar-refractivity contribution in [2.75, 3.05) is 14.2 Å². The van der Waals surface area contributed by atoms with Crippen molar-refractivity contribution in [3.05, 3.63) is 35.9 Å². The van der Waals surface area contributed by atoms with Crippen molar-refractivity contribution in [3.8, 4) is 11.8 Å². The molecule has 29 heavy (non-hydrogen) atoms. The Morgan fingerprint density at radius 1 is 1.07 bits per heavy atom. The van der Waals surface area contributed by atoms with Crippen molar-refractivity contribution in [1.29, 1.82) is 0 Å². The molecule has 1 unspecified atom stereocenters. The molecule has 0 bridgehead atoms. The van der Waals surface area contributed by atoms with Crippen LogP contribution in [0.5, 0.6) is 11.8 Å². The van der Waals surface area contributed by atoms with Crippen molar-refractivity contribution in [2.45, 2.75) is 49.4 Å². The third-order valence-corrected chi connectivity index (χ3v) is 4.46. The molecule has 1 N–H and O–H groups in total. The minimum atomic E-state index is -0.798. The van der Waals surface area contributed by atoms with Crippen LogP contribution in [0.2, 0.25) is 0 Å². The van der Waals surface area contributed by atoms with Crippen LogP contribution < -0.4 is 14.8 Å². The van der Waals surface area contributed by atoms with Gasteiger partial charge in [0.1, 0.15) is 11.6 Å². The molecule has 9 heteroatoms. The van der Waals surface area contributed by atoms with Crippen LogP contribution in [0.4, 0.5) is 0 Å². The number of benzene rings is 1. The predicted molar refractivity (Wildman–Crippen MR) is 108 cm³/mol. The molecule has 2 aromatic rings. The highest BCUT2D eigenvalue weighted by Gasteiger charge is 2.24. The summed E-state index contributed by atoms with van der Waals surface area (Å²) in [6.07, 6.45) is 0. The number of hydrogen-bond acceptors (Lipinski definition) is 8. The number of nitrogens with one attached hydrogen (secondary N) is 1. The average Bonchev–Trinajstić information content (AvgIpc) is 2.66. The van der Waals surface area contributed by atoms with Gasteiger partial charge in [-0.25, -0.2) is 4.79 Å². The highest BCUT2D eigenvalue weighted by molar-refractivity contribution is 7.99. The van der Waals surface area contributed by atoms with Crippen LogP contribution >= 0.6 is 11.8 Å². The average molecular weight is 420 g/mol. The Morgan fingerprint density at radius 2 is 1.66 bits per heavy atom. The largest absolute Gasteiger partial charge is 0.481 e. The Kier molecular flexibility index (Phi) is 7.44. The molecule has 2 rings (SSSR count). The minimum absolute atomic E-state index is 0.347.